The molecule has 0 bridgehead atoms. The molecule has 9 heteroatoms. The average Bonchev–Trinajstić information content (AvgIpc) is 3.54. The van der Waals surface area contributed by atoms with Gasteiger partial charge in [0, 0.05) is 6.07 Å². The normalized spacial score (nSPS) is 13.9. The van der Waals surface area contributed by atoms with Gasteiger partial charge in [-0.3, -0.25) is 14.5 Å². The maximum Gasteiger partial charge on any atom is 0.279 e. The summed E-state index contributed by atoms with van der Waals surface area (Å²) >= 11 is 1.31. The summed E-state index contributed by atoms with van der Waals surface area (Å²) in [5.74, 6) is 1.12. The third-order valence-corrected chi connectivity index (χ3v) is 6.19. The number of hydrogen-bond acceptors (Lipinski definition) is 8. The van der Waals surface area contributed by atoms with E-state index in [1.54, 1.807) is 43.5 Å². The third kappa shape index (κ3) is 4.06. The van der Waals surface area contributed by atoms with Crippen molar-refractivity contribution >= 4 is 23.2 Å². The maximum absolute atomic E-state index is 12.8. The molecule has 34 heavy (non-hydrogen) atoms. The zero-order valence-electron chi connectivity index (χ0n) is 18.7. The van der Waals surface area contributed by atoms with Gasteiger partial charge in [-0.1, -0.05) is 28.6 Å². The Balaban J connectivity index is 1.29. The van der Waals surface area contributed by atoms with Gasteiger partial charge in [-0.2, -0.15) is 0 Å². The van der Waals surface area contributed by atoms with Gasteiger partial charge < -0.3 is 14.0 Å². The molecule has 4 aromatic rings. The molecule has 172 valence electrons. The van der Waals surface area contributed by atoms with Crippen molar-refractivity contribution in [3.05, 3.63) is 77.7 Å². The number of rotatable bonds is 7. The average molecular weight is 476 g/mol. The Bertz CT molecular complexity index is 1320. The van der Waals surface area contributed by atoms with Crippen LogP contribution in [-0.2, 0) is 0 Å². The summed E-state index contributed by atoms with van der Waals surface area (Å²) in [6.45, 7) is 5.68. The van der Waals surface area contributed by atoms with E-state index in [-0.39, 0.29) is 17.9 Å². The van der Waals surface area contributed by atoms with Gasteiger partial charge in [-0.05, 0) is 57.2 Å². The molecule has 0 fully saturated rings. The van der Waals surface area contributed by atoms with Crippen molar-refractivity contribution in [3.63, 3.8) is 0 Å². The highest BCUT2D eigenvalue weighted by molar-refractivity contribution is 7.16. The molecule has 0 N–H and O–H groups in total. The second-order valence-electron chi connectivity index (χ2n) is 8.05. The predicted octanol–water partition coefficient (Wildman–Crippen LogP) is 5.73. The van der Waals surface area contributed by atoms with Crippen molar-refractivity contribution in [2.45, 2.75) is 32.9 Å². The molecule has 2 aromatic heterocycles. The summed E-state index contributed by atoms with van der Waals surface area (Å²) in [5.41, 5.74) is 1.34. The fraction of sp³-hybridized carbons (Fsp3) is 0.200. The Morgan fingerprint density at radius 1 is 0.941 bits per heavy atom. The molecule has 2 aromatic carbocycles. The van der Waals surface area contributed by atoms with Crippen molar-refractivity contribution < 1.29 is 23.6 Å². The lowest BCUT2D eigenvalue weighted by molar-refractivity contribution is 0.0573. The number of benzene rings is 2. The van der Waals surface area contributed by atoms with E-state index < -0.39 is 6.04 Å². The first-order valence-corrected chi connectivity index (χ1v) is 11.6. The number of carbonyl (C=O) groups excluding carboxylic acids is 2. The number of fused-ring (bicyclic) bond motifs is 1. The van der Waals surface area contributed by atoms with Crippen molar-refractivity contribution in [1.82, 2.24) is 15.0 Å². The highest BCUT2D eigenvalue weighted by atomic mass is 32.1. The number of carbonyl (C=O) groups is 2. The zero-order valence-corrected chi connectivity index (χ0v) is 19.5. The molecule has 2 amide bonds. The van der Waals surface area contributed by atoms with Crippen LogP contribution in [0.3, 0.4) is 0 Å². The van der Waals surface area contributed by atoms with E-state index in [0.717, 1.165) is 10.6 Å². The molecule has 0 saturated heterocycles. The van der Waals surface area contributed by atoms with Crippen molar-refractivity contribution in [2.75, 3.05) is 0 Å². The molecule has 0 saturated carbocycles. The van der Waals surface area contributed by atoms with E-state index in [1.807, 2.05) is 38.1 Å². The lowest BCUT2D eigenvalue weighted by Gasteiger charge is -2.19. The number of aromatic nitrogens is 2. The highest BCUT2D eigenvalue weighted by Crippen LogP contribution is 2.36. The molecule has 8 nitrogen and oxygen atoms in total. The van der Waals surface area contributed by atoms with Crippen LogP contribution < -0.4 is 9.47 Å². The van der Waals surface area contributed by atoms with Gasteiger partial charge in [0.15, 0.2) is 5.76 Å². The quantitative estimate of drug-likeness (QED) is 0.315. The van der Waals surface area contributed by atoms with Gasteiger partial charge >= 0.3 is 0 Å². The number of imide groups is 1. The van der Waals surface area contributed by atoms with E-state index in [2.05, 4.69) is 10.1 Å². The molecule has 3 heterocycles. The molecular formula is C25H21N3O5S. The predicted molar refractivity (Wildman–Crippen MR) is 125 cm³/mol. The van der Waals surface area contributed by atoms with Gasteiger partial charge in [-0.25, -0.2) is 4.98 Å². The van der Waals surface area contributed by atoms with Crippen LogP contribution in [-0.4, -0.2) is 33.0 Å². The van der Waals surface area contributed by atoms with Crippen LogP contribution in [0.2, 0.25) is 0 Å². The second kappa shape index (κ2) is 8.75. The van der Waals surface area contributed by atoms with Gasteiger partial charge in [0.25, 0.3) is 17.0 Å². The van der Waals surface area contributed by atoms with Crippen molar-refractivity contribution in [2.24, 2.45) is 0 Å². The first-order valence-electron chi connectivity index (χ1n) is 10.7. The number of hydrogen-bond donors (Lipinski definition) is 0. The van der Waals surface area contributed by atoms with E-state index in [0.29, 0.717) is 33.5 Å². The van der Waals surface area contributed by atoms with Crippen LogP contribution in [0.4, 0.5) is 0 Å². The number of amides is 2. The first-order chi connectivity index (χ1) is 16.4. The molecule has 0 unspecified atom stereocenters. The Hall–Kier alpha value is -3.98. The third-order valence-electron chi connectivity index (χ3n) is 5.29. The van der Waals surface area contributed by atoms with Crippen LogP contribution in [0.15, 0.2) is 65.3 Å². The van der Waals surface area contributed by atoms with Crippen molar-refractivity contribution in [3.8, 4) is 27.3 Å². The van der Waals surface area contributed by atoms with E-state index in [9.17, 15) is 9.59 Å². The SMILES string of the molecule is CC(C)Oc1ccc(Oc2ncc(-c3cc([C@H](C)N4C(=O)c5ccccc5C4=O)on3)s2)cc1. The fourth-order valence-corrected chi connectivity index (χ4v) is 4.41. The zero-order chi connectivity index (χ0) is 23.8. The van der Waals surface area contributed by atoms with E-state index in [4.69, 9.17) is 14.0 Å². The topological polar surface area (TPSA) is 94.8 Å². The molecule has 1 aliphatic rings. The Kier molecular flexibility index (Phi) is 5.62. The largest absolute Gasteiger partial charge is 0.491 e. The number of ether oxygens (including phenoxy) is 2. The molecule has 0 aliphatic carbocycles. The molecule has 1 aliphatic heterocycles. The minimum Gasteiger partial charge on any atom is -0.491 e. The summed E-state index contributed by atoms with van der Waals surface area (Å²) in [5, 5.41) is 4.56. The van der Waals surface area contributed by atoms with Crippen molar-refractivity contribution in [1.29, 1.82) is 0 Å². The summed E-state index contributed by atoms with van der Waals surface area (Å²) in [4.78, 5) is 31.8. The summed E-state index contributed by atoms with van der Waals surface area (Å²) in [6.07, 6.45) is 1.74. The second-order valence-corrected chi connectivity index (χ2v) is 9.04. The first kappa shape index (κ1) is 21.8. The smallest absolute Gasteiger partial charge is 0.279 e. The summed E-state index contributed by atoms with van der Waals surface area (Å²) in [6, 6.07) is 15.2. The van der Waals surface area contributed by atoms with Gasteiger partial charge in [0.1, 0.15) is 17.2 Å². The molecule has 1 atom stereocenters. The number of nitrogens with zero attached hydrogens (tertiary/aromatic N) is 3. The van der Waals surface area contributed by atoms with Crippen LogP contribution in [0.1, 0.15) is 53.3 Å². The minimum atomic E-state index is -0.608. The molecule has 0 radical (unpaired) electrons. The van der Waals surface area contributed by atoms with Crippen LogP contribution >= 0.6 is 11.3 Å². The Morgan fingerprint density at radius 2 is 1.59 bits per heavy atom. The van der Waals surface area contributed by atoms with Gasteiger partial charge in [-0.15, -0.1) is 0 Å². The van der Waals surface area contributed by atoms with Crippen LogP contribution in [0, 0.1) is 0 Å². The van der Waals surface area contributed by atoms with Gasteiger partial charge in [0.05, 0.1) is 34.3 Å². The number of thiazole rings is 1. The Labute approximate surface area is 199 Å². The maximum atomic E-state index is 12.8. The van der Waals surface area contributed by atoms with E-state index in [1.165, 1.54) is 16.2 Å². The molecule has 0 spiro atoms. The molecular weight excluding hydrogens is 454 g/mol. The highest BCUT2D eigenvalue weighted by Gasteiger charge is 2.40. The Morgan fingerprint density at radius 3 is 2.24 bits per heavy atom. The molecule has 5 rings (SSSR count). The van der Waals surface area contributed by atoms with Crippen LogP contribution in [0.5, 0.6) is 16.7 Å². The van der Waals surface area contributed by atoms with E-state index >= 15 is 0 Å². The summed E-state index contributed by atoms with van der Waals surface area (Å²) in [7, 11) is 0. The standard InChI is InChI=1S/C25H21N3O5S/c1-14(2)31-16-8-10-17(11-9-16)32-25-26-13-22(34-25)20-12-21(33-27-20)15(3)28-23(29)18-6-4-5-7-19(18)24(28)30/h4-15H,1-3H3/t15-/m0/s1. The summed E-state index contributed by atoms with van der Waals surface area (Å²) < 4.78 is 17.0. The van der Waals surface area contributed by atoms with Crippen LogP contribution in [0.25, 0.3) is 10.6 Å². The monoisotopic (exact) mass is 475 g/mol. The minimum absolute atomic E-state index is 0.0976. The lowest BCUT2D eigenvalue weighted by atomic mass is 10.1. The lowest BCUT2D eigenvalue weighted by Crippen LogP contribution is -2.32. The fourth-order valence-electron chi connectivity index (χ4n) is 3.67. The van der Waals surface area contributed by atoms with Gasteiger partial charge in [0.2, 0.25) is 0 Å².